The van der Waals surface area contributed by atoms with Crippen molar-refractivity contribution in [2.24, 2.45) is 0 Å². The highest BCUT2D eigenvalue weighted by Gasteiger charge is 2.24. The van der Waals surface area contributed by atoms with Crippen LogP contribution in [-0.2, 0) is 24.3 Å². The zero-order valence-electron chi connectivity index (χ0n) is 12.3. The number of carbonyl (C=O) groups is 1. The summed E-state index contributed by atoms with van der Waals surface area (Å²) in [4.78, 5) is 24.8. The molecule has 0 aliphatic carbocycles. The second kappa shape index (κ2) is 5.60. The predicted octanol–water partition coefficient (Wildman–Crippen LogP) is 2.99. The molecule has 112 valence electrons. The number of rotatable bonds is 3. The van der Waals surface area contributed by atoms with Gasteiger partial charge in [0.05, 0.1) is 11.3 Å². The number of amides is 1. The van der Waals surface area contributed by atoms with E-state index >= 15 is 0 Å². The van der Waals surface area contributed by atoms with E-state index in [0.717, 1.165) is 5.56 Å². The molecule has 5 heteroatoms. The first kappa shape index (κ1) is 14.3. The van der Waals surface area contributed by atoms with Gasteiger partial charge < -0.3 is 4.90 Å². The lowest BCUT2D eigenvalue weighted by molar-refractivity contribution is -0.385. The van der Waals surface area contributed by atoms with Gasteiger partial charge in [-0.1, -0.05) is 36.4 Å². The fraction of sp³-hybridized carbons (Fsp3) is 0.235. The number of benzene rings is 2. The van der Waals surface area contributed by atoms with Crippen LogP contribution in [0, 0.1) is 17.0 Å². The van der Waals surface area contributed by atoms with E-state index in [1.165, 1.54) is 17.2 Å². The molecule has 3 rings (SSSR count). The number of hydrogen-bond acceptors (Lipinski definition) is 3. The Hall–Kier alpha value is -2.69. The second-order valence-corrected chi connectivity index (χ2v) is 5.51. The molecular formula is C17H16N2O3. The molecule has 1 aliphatic rings. The maximum Gasteiger partial charge on any atom is 0.272 e. The summed E-state index contributed by atoms with van der Waals surface area (Å²) in [5, 5.41) is 11.0. The Morgan fingerprint density at radius 3 is 2.36 bits per heavy atom. The van der Waals surface area contributed by atoms with Gasteiger partial charge in [0, 0.05) is 24.7 Å². The molecule has 22 heavy (non-hydrogen) atoms. The summed E-state index contributed by atoms with van der Waals surface area (Å²) < 4.78 is 0. The minimum Gasteiger partial charge on any atom is -0.334 e. The monoisotopic (exact) mass is 296 g/mol. The van der Waals surface area contributed by atoms with Crippen molar-refractivity contribution >= 4 is 11.6 Å². The predicted molar refractivity (Wildman–Crippen MR) is 82.2 cm³/mol. The van der Waals surface area contributed by atoms with Crippen molar-refractivity contribution in [2.75, 3.05) is 0 Å². The molecule has 2 aromatic carbocycles. The largest absolute Gasteiger partial charge is 0.334 e. The van der Waals surface area contributed by atoms with Crippen molar-refractivity contribution < 1.29 is 9.72 Å². The van der Waals surface area contributed by atoms with E-state index in [0.29, 0.717) is 18.7 Å². The highest BCUT2D eigenvalue weighted by Crippen LogP contribution is 2.25. The Kier molecular flexibility index (Phi) is 3.63. The van der Waals surface area contributed by atoms with Crippen molar-refractivity contribution in [1.29, 1.82) is 0 Å². The minimum atomic E-state index is -0.408. The standard InChI is InChI=1S/C17H16N2O3/c1-12-13(7-4-8-16(12)19(21)22)9-17(20)18-10-14-5-2-3-6-15(14)11-18/h2-8H,9-11H2,1H3. The van der Waals surface area contributed by atoms with Crippen molar-refractivity contribution in [2.45, 2.75) is 26.4 Å². The van der Waals surface area contributed by atoms with E-state index in [9.17, 15) is 14.9 Å². The molecule has 0 unspecified atom stereocenters. The average Bonchev–Trinajstić information content (AvgIpc) is 2.93. The van der Waals surface area contributed by atoms with Crippen LogP contribution in [0.3, 0.4) is 0 Å². The lowest BCUT2D eigenvalue weighted by Crippen LogP contribution is -2.27. The molecule has 0 bridgehead atoms. The third-order valence-electron chi connectivity index (χ3n) is 4.15. The molecule has 0 N–H and O–H groups in total. The summed E-state index contributed by atoms with van der Waals surface area (Å²) >= 11 is 0. The van der Waals surface area contributed by atoms with Crippen LogP contribution in [0.25, 0.3) is 0 Å². The summed E-state index contributed by atoms with van der Waals surface area (Å²) in [6, 6.07) is 12.9. The molecule has 2 aromatic rings. The zero-order chi connectivity index (χ0) is 15.7. The van der Waals surface area contributed by atoms with Gasteiger partial charge in [-0.05, 0) is 23.6 Å². The van der Waals surface area contributed by atoms with Crippen LogP contribution in [0.1, 0.15) is 22.3 Å². The lowest BCUT2D eigenvalue weighted by Gasteiger charge is -2.16. The van der Waals surface area contributed by atoms with E-state index in [2.05, 4.69) is 0 Å². The van der Waals surface area contributed by atoms with Gasteiger partial charge in [0.25, 0.3) is 5.69 Å². The van der Waals surface area contributed by atoms with Crippen LogP contribution < -0.4 is 0 Å². The molecule has 0 saturated carbocycles. The van der Waals surface area contributed by atoms with Crippen molar-refractivity contribution in [1.82, 2.24) is 4.90 Å². The Morgan fingerprint density at radius 2 is 1.77 bits per heavy atom. The molecule has 1 amide bonds. The van der Waals surface area contributed by atoms with E-state index in [1.807, 2.05) is 24.3 Å². The summed E-state index contributed by atoms with van der Waals surface area (Å²) in [6.07, 6.45) is 0.196. The van der Waals surface area contributed by atoms with Crippen LogP contribution in [0.5, 0.6) is 0 Å². The Morgan fingerprint density at radius 1 is 1.14 bits per heavy atom. The van der Waals surface area contributed by atoms with Crippen molar-refractivity contribution in [3.8, 4) is 0 Å². The van der Waals surface area contributed by atoms with Crippen molar-refractivity contribution in [3.63, 3.8) is 0 Å². The van der Waals surface area contributed by atoms with Gasteiger partial charge in [-0.25, -0.2) is 0 Å². The Labute approximate surface area is 128 Å². The fourth-order valence-corrected chi connectivity index (χ4v) is 2.84. The molecular weight excluding hydrogens is 280 g/mol. The van der Waals surface area contributed by atoms with Crippen LogP contribution in [0.2, 0.25) is 0 Å². The Bertz CT molecular complexity index is 730. The topological polar surface area (TPSA) is 63.5 Å². The van der Waals surface area contributed by atoms with Crippen LogP contribution >= 0.6 is 0 Å². The van der Waals surface area contributed by atoms with Gasteiger partial charge in [-0.3, -0.25) is 14.9 Å². The summed E-state index contributed by atoms with van der Waals surface area (Å²) in [7, 11) is 0. The van der Waals surface area contributed by atoms with Gasteiger partial charge in [0.2, 0.25) is 5.91 Å². The molecule has 0 saturated heterocycles. The van der Waals surface area contributed by atoms with Gasteiger partial charge in [-0.2, -0.15) is 0 Å². The molecule has 0 fully saturated rings. The second-order valence-electron chi connectivity index (χ2n) is 5.51. The third-order valence-corrected chi connectivity index (χ3v) is 4.15. The van der Waals surface area contributed by atoms with Gasteiger partial charge >= 0.3 is 0 Å². The maximum atomic E-state index is 12.5. The molecule has 1 aliphatic heterocycles. The fourth-order valence-electron chi connectivity index (χ4n) is 2.84. The first-order valence-electron chi connectivity index (χ1n) is 7.13. The maximum absolute atomic E-state index is 12.5. The van der Waals surface area contributed by atoms with Gasteiger partial charge in [0.1, 0.15) is 0 Å². The quantitative estimate of drug-likeness (QED) is 0.646. The normalized spacial score (nSPS) is 13.0. The first-order valence-corrected chi connectivity index (χ1v) is 7.13. The summed E-state index contributed by atoms with van der Waals surface area (Å²) in [6.45, 7) is 2.92. The number of nitrogens with zero attached hydrogens (tertiary/aromatic N) is 2. The van der Waals surface area contributed by atoms with Gasteiger partial charge in [-0.15, -0.1) is 0 Å². The number of fused-ring (bicyclic) bond motifs is 1. The molecule has 0 spiro atoms. The number of nitro benzene ring substituents is 1. The van der Waals surface area contributed by atoms with E-state index < -0.39 is 4.92 Å². The first-order chi connectivity index (χ1) is 10.6. The minimum absolute atomic E-state index is 0.000187. The van der Waals surface area contributed by atoms with Gasteiger partial charge in [0.15, 0.2) is 0 Å². The highest BCUT2D eigenvalue weighted by molar-refractivity contribution is 5.80. The van der Waals surface area contributed by atoms with Crippen LogP contribution in [0.15, 0.2) is 42.5 Å². The Balaban J connectivity index is 1.76. The summed E-state index contributed by atoms with van der Waals surface area (Å²) in [5.41, 5.74) is 3.70. The molecule has 0 aromatic heterocycles. The third kappa shape index (κ3) is 2.57. The average molecular weight is 296 g/mol. The van der Waals surface area contributed by atoms with Crippen LogP contribution in [0.4, 0.5) is 5.69 Å². The number of hydrogen-bond donors (Lipinski definition) is 0. The smallest absolute Gasteiger partial charge is 0.272 e. The number of nitro groups is 1. The molecule has 1 heterocycles. The molecule has 0 atom stereocenters. The van der Waals surface area contributed by atoms with E-state index in [4.69, 9.17) is 0 Å². The summed E-state index contributed by atoms with van der Waals surface area (Å²) in [5.74, 6) is -0.000187. The molecule has 5 nitrogen and oxygen atoms in total. The van der Waals surface area contributed by atoms with Crippen LogP contribution in [-0.4, -0.2) is 15.7 Å². The molecule has 0 radical (unpaired) electrons. The number of carbonyl (C=O) groups excluding carboxylic acids is 1. The van der Waals surface area contributed by atoms with E-state index in [-0.39, 0.29) is 18.0 Å². The SMILES string of the molecule is Cc1c(CC(=O)N2Cc3ccccc3C2)cccc1[N+](=O)[O-]. The van der Waals surface area contributed by atoms with Crippen molar-refractivity contribution in [3.05, 3.63) is 74.8 Å². The zero-order valence-corrected chi connectivity index (χ0v) is 12.3. The van der Waals surface area contributed by atoms with E-state index in [1.54, 1.807) is 24.0 Å². The highest BCUT2D eigenvalue weighted by atomic mass is 16.6. The lowest BCUT2D eigenvalue weighted by atomic mass is 10.0.